The van der Waals surface area contributed by atoms with Crippen LogP contribution in [0.25, 0.3) is 0 Å². The van der Waals surface area contributed by atoms with Gasteiger partial charge in [0.05, 0.1) is 0 Å². The van der Waals surface area contributed by atoms with Gasteiger partial charge in [0, 0.05) is 19.8 Å². The minimum Gasteiger partial charge on any atom is -0.381 e. The molecule has 4 heteroatoms. The van der Waals surface area contributed by atoms with Gasteiger partial charge in [-0.1, -0.05) is 20.8 Å². The lowest BCUT2D eigenvalue weighted by molar-refractivity contribution is 0.000175. The third kappa shape index (κ3) is 5.68. The van der Waals surface area contributed by atoms with Gasteiger partial charge >= 0.3 is 0 Å². The highest BCUT2D eigenvalue weighted by molar-refractivity contribution is 4.86. The highest BCUT2D eigenvalue weighted by atomic mass is 16.5. The first kappa shape index (κ1) is 17.9. The lowest BCUT2D eigenvalue weighted by Gasteiger charge is -2.40. The van der Waals surface area contributed by atoms with E-state index in [1.54, 1.807) is 0 Å². The maximum Gasteiger partial charge on any atom is 0.0472 e. The highest BCUT2D eigenvalue weighted by Gasteiger charge is 2.32. The Kier molecular flexibility index (Phi) is 8.69. The predicted molar refractivity (Wildman–Crippen MR) is 86.1 cm³/mol. The first-order chi connectivity index (χ1) is 9.69. The molecule has 1 saturated heterocycles. The summed E-state index contributed by atoms with van der Waals surface area (Å²) in [5, 5.41) is 0. The molecule has 0 unspecified atom stereocenters. The van der Waals surface area contributed by atoms with Crippen molar-refractivity contribution >= 4 is 0 Å². The smallest absolute Gasteiger partial charge is 0.0472 e. The molecule has 0 spiro atoms. The van der Waals surface area contributed by atoms with E-state index in [9.17, 15) is 0 Å². The quantitative estimate of drug-likeness (QED) is 0.664. The van der Waals surface area contributed by atoms with Gasteiger partial charge in [0.25, 0.3) is 0 Å². The molecule has 20 heavy (non-hydrogen) atoms. The van der Waals surface area contributed by atoms with Crippen molar-refractivity contribution in [2.45, 2.75) is 40.0 Å². The Balaban J connectivity index is 2.37. The molecule has 1 aliphatic heterocycles. The van der Waals surface area contributed by atoms with Crippen molar-refractivity contribution < 1.29 is 4.74 Å². The monoisotopic (exact) mass is 285 g/mol. The van der Waals surface area contributed by atoms with E-state index in [2.05, 4.69) is 30.6 Å². The van der Waals surface area contributed by atoms with Crippen LogP contribution in [-0.4, -0.2) is 68.8 Å². The molecule has 0 aromatic rings. The Hall–Kier alpha value is -0.160. The minimum absolute atomic E-state index is 0.295. The van der Waals surface area contributed by atoms with Crippen LogP contribution >= 0.6 is 0 Å². The summed E-state index contributed by atoms with van der Waals surface area (Å²) >= 11 is 0. The molecule has 1 heterocycles. The number of hydrogen-bond acceptors (Lipinski definition) is 4. The van der Waals surface area contributed by atoms with Gasteiger partial charge in [0.1, 0.15) is 0 Å². The summed E-state index contributed by atoms with van der Waals surface area (Å²) in [6.45, 7) is 16.3. The van der Waals surface area contributed by atoms with Crippen molar-refractivity contribution in [2.24, 2.45) is 11.1 Å². The van der Waals surface area contributed by atoms with Gasteiger partial charge < -0.3 is 20.3 Å². The lowest BCUT2D eigenvalue weighted by Crippen LogP contribution is -2.46. The van der Waals surface area contributed by atoms with Crippen LogP contribution in [0.4, 0.5) is 0 Å². The van der Waals surface area contributed by atoms with Gasteiger partial charge in [-0.2, -0.15) is 0 Å². The van der Waals surface area contributed by atoms with Gasteiger partial charge in [0.2, 0.25) is 0 Å². The van der Waals surface area contributed by atoms with E-state index in [1.807, 2.05) is 0 Å². The van der Waals surface area contributed by atoms with E-state index in [-0.39, 0.29) is 0 Å². The number of hydrogen-bond donors (Lipinski definition) is 1. The summed E-state index contributed by atoms with van der Waals surface area (Å²) in [6, 6.07) is 0. The summed E-state index contributed by atoms with van der Waals surface area (Å²) in [5.41, 5.74) is 6.37. The van der Waals surface area contributed by atoms with Gasteiger partial charge in [0.15, 0.2) is 0 Å². The fourth-order valence-electron chi connectivity index (χ4n) is 3.11. The number of nitrogens with zero attached hydrogens (tertiary/aromatic N) is 2. The maximum absolute atomic E-state index is 6.07. The van der Waals surface area contributed by atoms with Crippen LogP contribution in [0.5, 0.6) is 0 Å². The average Bonchev–Trinajstić information content (AvgIpc) is 2.51. The maximum atomic E-state index is 6.07. The molecule has 4 nitrogen and oxygen atoms in total. The van der Waals surface area contributed by atoms with Crippen LogP contribution in [0.3, 0.4) is 0 Å². The fraction of sp³-hybridized carbons (Fsp3) is 1.00. The van der Waals surface area contributed by atoms with Crippen molar-refractivity contribution in [2.75, 3.05) is 59.0 Å². The molecule has 0 atom stereocenters. The Labute approximate surface area is 125 Å². The number of rotatable bonds is 10. The third-order valence-electron chi connectivity index (χ3n) is 4.84. The van der Waals surface area contributed by atoms with Gasteiger partial charge in [-0.05, 0) is 63.9 Å². The third-order valence-corrected chi connectivity index (χ3v) is 4.84. The molecular weight excluding hydrogens is 250 g/mol. The van der Waals surface area contributed by atoms with Crippen LogP contribution in [0.1, 0.15) is 40.0 Å². The SMILES string of the molecule is CCN(CC)CCCN(CC)CC1(CN)CCOCC1. The second kappa shape index (κ2) is 9.72. The fourth-order valence-corrected chi connectivity index (χ4v) is 3.11. The molecule has 0 aromatic carbocycles. The normalized spacial score (nSPS) is 18.9. The van der Waals surface area contributed by atoms with Gasteiger partial charge in [-0.15, -0.1) is 0 Å². The molecule has 0 saturated carbocycles. The second-order valence-electron chi connectivity index (χ2n) is 6.07. The Bertz CT molecular complexity index is 238. The molecule has 0 aromatic heterocycles. The first-order valence-corrected chi connectivity index (χ1v) is 8.42. The molecule has 1 rings (SSSR count). The summed E-state index contributed by atoms with van der Waals surface area (Å²) in [4.78, 5) is 5.09. The number of ether oxygens (including phenoxy) is 1. The summed E-state index contributed by atoms with van der Waals surface area (Å²) in [5.74, 6) is 0. The summed E-state index contributed by atoms with van der Waals surface area (Å²) < 4.78 is 5.50. The molecular formula is C16H35N3O. The van der Waals surface area contributed by atoms with Crippen molar-refractivity contribution in [3.63, 3.8) is 0 Å². The molecule has 0 radical (unpaired) electrons. The molecule has 120 valence electrons. The summed E-state index contributed by atoms with van der Waals surface area (Å²) in [6.07, 6.45) is 3.50. The highest BCUT2D eigenvalue weighted by Crippen LogP contribution is 2.30. The van der Waals surface area contributed by atoms with E-state index >= 15 is 0 Å². The Morgan fingerprint density at radius 1 is 0.950 bits per heavy atom. The zero-order valence-corrected chi connectivity index (χ0v) is 13.9. The van der Waals surface area contributed by atoms with Crippen LogP contribution in [0, 0.1) is 5.41 Å². The Morgan fingerprint density at radius 3 is 2.00 bits per heavy atom. The van der Waals surface area contributed by atoms with Crippen molar-refractivity contribution in [1.82, 2.24) is 9.80 Å². The zero-order chi connectivity index (χ0) is 14.8. The van der Waals surface area contributed by atoms with Crippen molar-refractivity contribution in [1.29, 1.82) is 0 Å². The van der Waals surface area contributed by atoms with E-state index < -0.39 is 0 Å². The molecule has 1 aliphatic rings. The van der Waals surface area contributed by atoms with E-state index in [1.165, 1.54) is 19.5 Å². The van der Waals surface area contributed by atoms with Gasteiger partial charge in [-0.3, -0.25) is 0 Å². The molecule has 0 aliphatic carbocycles. The van der Waals surface area contributed by atoms with Crippen molar-refractivity contribution in [3.05, 3.63) is 0 Å². The minimum atomic E-state index is 0.295. The van der Waals surface area contributed by atoms with E-state index in [0.717, 1.165) is 58.8 Å². The van der Waals surface area contributed by atoms with Crippen LogP contribution < -0.4 is 5.73 Å². The second-order valence-corrected chi connectivity index (χ2v) is 6.07. The average molecular weight is 285 g/mol. The molecule has 2 N–H and O–H groups in total. The van der Waals surface area contributed by atoms with Gasteiger partial charge in [-0.25, -0.2) is 0 Å². The zero-order valence-electron chi connectivity index (χ0n) is 13.9. The van der Waals surface area contributed by atoms with E-state index in [0.29, 0.717) is 5.41 Å². The molecule has 1 fully saturated rings. The lowest BCUT2D eigenvalue weighted by atomic mass is 9.79. The Morgan fingerprint density at radius 2 is 1.50 bits per heavy atom. The largest absolute Gasteiger partial charge is 0.381 e. The van der Waals surface area contributed by atoms with E-state index in [4.69, 9.17) is 10.5 Å². The predicted octanol–water partition coefficient (Wildman–Crippen LogP) is 1.80. The molecule has 0 bridgehead atoms. The van der Waals surface area contributed by atoms with Crippen molar-refractivity contribution in [3.8, 4) is 0 Å². The van der Waals surface area contributed by atoms with Crippen LogP contribution in [-0.2, 0) is 4.74 Å². The van der Waals surface area contributed by atoms with Crippen LogP contribution in [0.15, 0.2) is 0 Å². The molecule has 0 amide bonds. The first-order valence-electron chi connectivity index (χ1n) is 8.42. The topological polar surface area (TPSA) is 41.7 Å². The number of nitrogens with two attached hydrogens (primary N) is 1. The standard InChI is InChI=1S/C16H35N3O/c1-4-18(5-2)10-7-11-19(6-3)15-16(14-17)8-12-20-13-9-16/h4-15,17H2,1-3H3. The summed E-state index contributed by atoms with van der Waals surface area (Å²) in [7, 11) is 0. The van der Waals surface area contributed by atoms with Crippen LogP contribution in [0.2, 0.25) is 0 Å².